The Hall–Kier alpha value is -2.67. The van der Waals surface area contributed by atoms with E-state index in [1.165, 1.54) is 24.3 Å². The highest BCUT2D eigenvalue weighted by Gasteiger charge is 2.15. The van der Waals surface area contributed by atoms with Crippen molar-refractivity contribution in [1.29, 1.82) is 0 Å². The lowest BCUT2D eigenvalue weighted by molar-refractivity contribution is -0.118. The number of amides is 1. The molecule has 4 nitrogen and oxygen atoms in total. The van der Waals surface area contributed by atoms with Crippen molar-refractivity contribution in [3.63, 3.8) is 0 Å². The number of nitrogens with one attached hydrogen (secondary N) is 1. The Bertz CT molecular complexity index is 834. The van der Waals surface area contributed by atoms with Gasteiger partial charge in [-0.25, -0.2) is 8.78 Å². The predicted molar refractivity (Wildman–Crippen MR) is 104 cm³/mol. The van der Waals surface area contributed by atoms with E-state index < -0.39 is 17.6 Å². The number of ether oxygens (including phenoxy) is 1. The summed E-state index contributed by atoms with van der Waals surface area (Å²) in [7, 11) is 0. The summed E-state index contributed by atoms with van der Waals surface area (Å²) in [6.45, 7) is 1.61. The summed E-state index contributed by atoms with van der Waals surface area (Å²) < 4.78 is 32.9. The van der Waals surface area contributed by atoms with Crippen LogP contribution >= 0.6 is 15.9 Å². The van der Waals surface area contributed by atoms with Crippen LogP contribution in [-0.2, 0) is 4.79 Å². The maximum Gasteiger partial charge on any atom is 0.251 e. The summed E-state index contributed by atoms with van der Waals surface area (Å²) >= 11 is 3.35. The number of hydrogen-bond acceptors (Lipinski definition) is 3. The van der Waals surface area contributed by atoms with Gasteiger partial charge >= 0.3 is 0 Å². The first-order valence-electron chi connectivity index (χ1n) is 8.11. The van der Waals surface area contributed by atoms with Crippen molar-refractivity contribution >= 4 is 21.8 Å². The number of benzene rings is 2. The van der Waals surface area contributed by atoms with Gasteiger partial charge in [-0.1, -0.05) is 28.1 Å². The maximum atomic E-state index is 13.6. The van der Waals surface area contributed by atoms with Gasteiger partial charge in [-0.3, -0.25) is 4.79 Å². The van der Waals surface area contributed by atoms with Crippen molar-refractivity contribution in [3.05, 3.63) is 88.1 Å². The molecular weight excluding hydrogens is 418 g/mol. The van der Waals surface area contributed by atoms with Crippen molar-refractivity contribution in [3.8, 4) is 5.75 Å². The predicted octanol–water partition coefficient (Wildman–Crippen LogP) is 4.54. The SMILES string of the molecule is CC(NC(=O)/C(=C/C(F)=C\N)COc1ccc(F)cc1)c1ccc(Br)cc1. The number of halogens is 3. The lowest BCUT2D eigenvalue weighted by Crippen LogP contribution is -2.30. The number of rotatable bonds is 7. The van der Waals surface area contributed by atoms with Crippen LogP contribution in [-0.4, -0.2) is 12.5 Å². The van der Waals surface area contributed by atoms with Crippen molar-refractivity contribution in [2.75, 3.05) is 6.61 Å². The fourth-order valence-electron chi connectivity index (χ4n) is 2.20. The third-order valence-electron chi connectivity index (χ3n) is 3.69. The van der Waals surface area contributed by atoms with E-state index in [0.717, 1.165) is 22.3 Å². The van der Waals surface area contributed by atoms with Crippen molar-refractivity contribution < 1.29 is 18.3 Å². The highest BCUT2D eigenvalue weighted by atomic mass is 79.9. The quantitative estimate of drug-likeness (QED) is 0.494. The summed E-state index contributed by atoms with van der Waals surface area (Å²) in [5, 5.41) is 2.79. The summed E-state index contributed by atoms with van der Waals surface area (Å²) in [5.74, 6) is -1.31. The summed E-state index contributed by atoms with van der Waals surface area (Å²) in [6.07, 6.45) is 1.76. The van der Waals surface area contributed by atoms with E-state index in [1.54, 1.807) is 0 Å². The first-order chi connectivity index (χ1) is 12.9. The molecule has 2 rings (SSSR count). The van der Waals surface area contributed by atoms with Crippen LogP contribution in [0.1, 0.15) is 18.5 Å². The third kappa shape index (κ3) is 6.53. The average Bonchev–Trinajstić information content (AvgIpc) is 2.66. The number of carbonyl (C=O) groups is 1. The molecule has 2 aromatic carbocycles. The van der Waals surface area contributed by atoms with Crippen molar-refractivity contribution in [1.82, 2.24) is 5.32 Å². The molecule has 0 aliphatic heterocycles. The van der Waals surface area contributed by atoms with E-state index in [2.05, 4.69) is 21.2 Å². The monoisotopic (exact) mass is 436 g/mol. The van der Waals surface area contributed by atoms with Gasteiger partial charge in [-0.15, -0.1) is 0 Å². The molecule has 1 amide bonds. The number of carbonyl (C=O) groups excluding carboxylic acids is 1. The molecule has 0 fully saturated rings. The first kappa shape index (κ1) is 20.6. The van der Waals surface area contributed by atoms with E-state index in [0.29, 0.717) is 5.75 Å². The average molecular weight is 437 g/mol. The molecule has 1 unspecified atom stereocenters. The zero-order valence-corrected chi connectivity index (χ0v) is 16.2. The van der Waals surface area contributed by atoms with E-state index in [4.69, 9.17) is 10.5 Å². The van der Waals surface area contributed by atoms with E-state index in [9.17, 15) is 13.6 Å². The number of allylic oxidation sites excluding steroid dienone is 2. The minimum Gasteiger partial charge on any atom is -0.489 e. The standard InChI is InChI=1S/C20H19BrF2N2O2/c1-13(14-2-4-16(21)5-3-14)25-20(26)15(10-18(23)11-24)12-27-19-8-6-17(22)7-9-19/h2-11,13H,12,24H2,1H3,(H,25,26)/b15-10+,18-11+. The zero-order chi connectivity index (χ0) is 19.8. The summed E-state index contributed by atoms with van der Waals surface area (Å²) in [6, 6.07) is 12.5. The van der Waals surface area contributed by atoms with Gasteiger partial charge in [0.25, 0.3) is 5.91 Å². The number of hydrogen-bond donors (Lipinski definition) is 2. The Morgan fingerprint density at radius 2 is 1.85 bits per heavy atom. The van der Waals surface area contributed by atoms with Gasteiger partial charge in [0.2, 0.25) is 0 Å². The van der Waals surface area contributed by atoms with Gasteiger partial charge in [0.1, 0.15) is 24.0 Å². The molecule has 142 valence electrons. The minimum atomic E-state index is -0.765. The van der Waals surface area contributed by atoms with Crippen LogP contribution < -0.4 is 15.8 Å². The largest absolute Gasteiger partial charge is 0.489 e. The Labute approximate surface area is 164 Å². The normalized spacial score (nSPS) is 13.2. The van der Waals surface area contributed by atoms with E-state index in [-0.39, 0.29) is 18.2 Å². The van der Waals surface area contributed by atoms with E-state index >= 15 is 0 Å². The fraction of sp³-hybridized carbons (Fsp3) is 0.150. The van der Waals surface area contributed by atoms with Gasteiger partial charge in [0.05, 0.1) is 11.6 Å². The van der Waals surface area contributed by atoms with Gasteiger partial charge < -0.3 is 15.8 Å². The van der Waals surface area contributed by atoms with Crippen LogP contribution in [0.5, 0.6) is 5.75 Å². The maximum absolute atomic E-state index is 13.6. The topological polar surface area (TPSA) is 64.4 Å². The first-order valence-corrected chi connectivity index (χ1v) is 8.91. The van der Waals surface area contributed by atoms with Crippen LogP contribution in [0.2, 0.25) is 0 Å². The molecule has 0 saturated heterocycles. The Balaban J connectivity index is 2.10. The minimum absolute atomic E-state index is 0.0440. The molecule has 0 aliphatic carbocycles. The highest BCUT2D eigenvalue weighted by molar-refractivity contribution is 9.10. The molecule has 27 heavy (non-hydrogen) atoms. The summed E-state index contributed by atoms with van der Waals surface area (Å²) in [5.41, 5.74) is 6.08. The third-order valence-corrected chi connectivity index (χ3v) is 4.22. The Morgan fingerprint density at radius 1 is 1.22 bits per heavy atom. The Morgan fingerprint density at radius 3 is 2.44 bits per heavy atom. The molecule has 0 aromatic heterocycles. The second-order valence-electron chi connectivity index (χ2n) is 5.71. The second-order valence-corrected chi connectivity index (χ2v) is 6.63. The fourth-order valence-corrected chi connectivity index (χ4v) is 2.47. The highest BCUT2D eigenvalue weighted by Crippen LogP contribution is 2.18. The molecular formula is C20H19BrF2N2O2. The second kappa shape index (κ2) is 9.87. The van der Waals surface area contributed by atoms with Crippen molar-refractivity contribution in [2.24, 2.45) is 5.73 Å². The lowest BCUT2D eigenvalue weighted by atomic mass is 10.1. The molecule has 0 spiro atoms. The van der Waals surface area contributed by atoms with Gasteiger partial charge in [-0.05, 0) is 55.0 Å². The Kier molecular flexibility index (Phi) is 7.55. The molecule has 0 heterocycles. The van der Waals surface area contributed by atoms with Crippen LogP contribution in [0.15, 0.2) is 76.7 Å². The summed E-state index contributed by atoms with van der Waals surface area (Å²) in [4.78, 5) is 12.6. The smallest absolute Gasteiger partial charge is 0.251 e. The molecule has 3 N–H and O–H groups in total. The number of nitrogens with two attached hydrogens (primary N) is 1. The van der Waals surface area contributed by atoms with Crippen LogP contribution in [0, 0.1) is 5.82 Å². The molecule has 2 aromatic rings. The van der Waals surface area contributed by atoms with Gasteiger partial charge in [-0.2, -0.15) is 0 Å². The van der Waals surface area contributed by atoms with Gasteiger partial charge in [0.15, 0.2) is 0 Å². The van der Waals surface area contributed by atoms with Crippen LogP contribution in [0.25, 0.3) is 0 Å². The zero-order valence-electron chi connectivity index (χ0n) is 14.6. The lowest BCUT2D eigenvalue weighted by Gasteiger charge is -2.16. The molecule has 0 bridgehead atoms. The molecule has 0 radical (unpaired) electrons. The molecule has 0 aliphatic rings. The molecule has 1 atom stereocenters. The van der Waals surface area contributed by atoms with Crippen LogP contribution in [0.3, 0.4) is 0 Å². The van der Waals surface area contributed by atoms with E-state index in [1.807, 2.05) is 31.2 Å². The van der Waals surface area contributed by atoms with Crippen LogP contribution in [0.4, 0.5) is 8.78 Å². The van der Waals surface area contributed by atoms with Gasteiger partial charge in [0, 0.05) is 10.7 Å². The van der Waals surface area contributed by atoms with Crippen molar-refractivity contribution in [2.45, 2.75) is 13.0 Å². The molecule has 0 saturated carbocycles. The molecule has 7 heteroatoms.